The van der Waals surface area contributed by atoms with Gasteiger partial charge in [-0.1, -0.05) is 13.0 Å². The van der Waals surface area contributed by atoms with Crippen molar-refractivity contribution >= 4 is 28.5 Å². The number of aromatic nitrogens is 1. The molecule has 2 rings (SSSR count). The summed E-state index contributed by atoms with van der Waals surface area (Å²) in [6, 6.07) is 4.04. The number of carboxylic acids is 1. The van der Waals surface area contributed by atoms with Gasteiger partial charge in [0.1, 0.15) is 11.6 Å². The number of benzene rings is 1. The van der Waals surface area contributed by atoms with E-state index in [1.165, 1.54) is 6.20 Å². The summed E-state index contributed by atoms with van der Waals surface area (Å²) in [5.74, 6) is -1.85. The molecule has 0 saturated carbocycles. The van der Waals surface area contributed by atoms with Crippen molar-refractivity contribution in [2.45, 2.75) is 32.9 Å². The molecule has 0 saturated heterocycles. The van der Waals surface area contributed by atoms with Crippen molar-refractivity contribution in [2.75, 3.05) is 5.73 Å². The first kappa shape index (κ1) is 16.5. The summed E-state index contributed by atoms with van der Waals surface area (Å²) in [4.78, 5) is 36.0. The number of rotatable bonds is 5. The maximum atomic E-state index is 12.6. The van der Waals surface area contributed by atoms with Crippen molar-refractivity contribution in [3.05, 3.63) is 40.2 Å². The molecule has 1 heterocycles. The molecule has 1 unspecified atom stereocenters. The largest absolute Gasteiger partial charge is 0.480 e. The molecule has 7 heteroatoms. The number of aliphatic carboxylic acids is 1. The lowest BCUT2D eigenvalue weighted by atomic mass is 10.1. The van der Waals surface area contributed by atoms with Crippen LogP contribution in [0.5, 0.6) is 0 Å². The minimum absolute atomic E-state index is 0.114. The Morgan fingerprint density at radius 3 is 2.61 bits per heavy atom. The van der Waals surface area contributed by atoms with Crippen LogP contribution in [0.15, 0.2) is 29.2 Å². The van der Waals surface area contributed by atoms with Gasteiger partial charge in [-0.25, -0.2) is 4.79 Å². The highest BCUT2D eigenvalue weighted by Crippen LogP contribution is 2.18. The van der Waals surface area contributed by atoms with Crippen LogP contribution < -0.4 is 16.5 Å². The molecular formula is C16H19N3O4. The lowest BCUT2D eigenvalue weighted by molar-refractivity contribution is -0.139. The van der Waals surface area contributed by atoms with Crippen molar-refractivity contribution < 1.29 is 14.7 Å². The van der Waals surface area contributed by atoms with Gasteiger partial charge in [0, 0.05) is 18.4 Å². The summed E-state index contributed by atoms with van der Waals surface area (Å²) in [6.45, 7) is 4.05. The van der Waals surface area contributed by atoms with Crippen molar-refractivity contribution in [2.24, 2.45) is 0 Å². The number of nitrogens with zero attached hydrogens (tertiary/aromatic N) is 1. The molecule has 1 aromatic heterocycles. The van der Waals surface area contributed by atoms with Gasteiger partial charge in [-0.3, -0.25) is 9.59 Å². The van der Waals surface area contributed by atoms with Crippen molar-refractivity contribution in [1.82, 2.24) is 9.88 Å². The van der Waals surface area contributed by atoms with Crippen molar-refractivity contribution in [1.29, 1.82) is 0 Å². The maximum absolute atomic E-state index is 12.6. The van der Waals surface area contributed by atoms with Crippen LogP contribution in [0.25, 0.3) is 10.9 Å². The average Bonchev–Trinajstić information content (AvgIpc) is 2.52. The van der Waals surface area contributed by atoms with E-state index in [0.717, 1.165) is 0 Å². The van der Waals surface area contributed by atoms with Gasteiger partial charge in [0.2, 0.25) is 5.43 Å². The maximum Gasteiger partial charge on any atom is 0.326 e. The topological polar surface area (TPSA) is 114 Å². The molecule has 0 aliphatic heterocycles. The van der Waals surface area contributed by atoms with E-state index in [2.05, 4.69) is 5.32 Å². The van der Waals surface area contributed by atoms with Crippen LogP contribution in [-0.4, -0.2) is 27.6 Å². The summed E-state index contributed by atoms with van der Waals surface area (Å²) >= 11 is 0. The molecular weight excluding hydrogens is 298 g/mol. The number of carbonyl (C=O) groups excluding carboxylic acids is 1. The van der Waals surface area contributed by atoms with Gasteiger partial charge < -0.3 is 20.7 Å². The van der Waals surface area contributed by atoms with Crippen molar-refractivity contribution in [3.8, 4) is 0 Å². The number of carbonyl (C=O) groups is 2. The zero-order valence-corrected chi connectivity index (χ0v) is 13.0. The molecule has 122 valence electrons. The molecule has 0 aliphatic carbocycles. The molecule has 23 heavy (non-hydrogen) atoms. The fourth-order valence-corrected chi connectivity index (χ4v) is 2.46. The Morgan fingerprint density at radius 1 is 1.35 bits per heavy atom. The van der Waals surface area contributed by atoms with Gasteiger partial charge in [-0.05, 0) is 25.5 Å². The lowest BCUT2D eigenvalue weighted by Crippen LogP contribution is -2.42. The second-order valence-corrected chi connectivity index (χ2v) is 5.17. The molecule has 4 N–H and O–H groups in total. The summed E-state index contributed by atoms with van der Waals surface area (Å²) < 4.78 is 1.74. The highest BCUT2D eigenvalue weighted by Gasteiger charge is 2.22. The molecule has 1 atom stereocenters. The Hall–Kier alpha value is -2.83. The van der Waals surface area contributed by atoms with E-state index < -0.39 is 23.3 Å². The van der Waals surface area contributed by atoms with E-state index in [4.69, 9.17) is 10.8 Å². The van der Waals surface area contributed by atoms with Gasteiger partial charge in [-0.2, -0.15) is 0 Å². The lowest BCUT2D eigenvalue weighted by Gasteiger charge is -2.15. The van der Waals surface area contributed by atoms with Crippen LogP contribution in [0, 0.1) is 0 Å². The van der Waals surface area contributed by atoms with E-state index in [0.29, 0.717) is 12.1 Å². The average molecular weight is 317 g/mol. The summed E-state index contributed by atoms with van der Waals surface area (Å²) in [5, 5.41) is 11.7. The number of nitrogens with two attached hydrogens (primary N) is 1. The quantitative estimate of drug-likeness (QED) is 0.717. The van der Waals surface area contributed by atoms with Gasteiger partial charge in [0.15, 0.2) is 0 Å². The number of hydrogen-bond donors (Lipinski definition) is 3. The number of aryl methyl sites for hydroxylation is 1. The smallest absolute Gasteiger partial charge is 0.326 e. The molecule has 0 aliphatic rings. The fraction of sp³-hybridized carbons (Fsp3) is 0.312. The highest BCUT2D eigenvalue weighted by atomic mass is 16.4. The third-order valence-corrected chi connectivity index (χ3v) is 3.74. The fourth-order valence-electron chi connectivity index (χ4n) is 2.46. The number of pyridine rings is 1. The second kappa shape index (κ2) is 6.51. The minimum atomic E-state index is -1.14. The number of fused-ring (bicyclic) bond motifs is 1. The minimum Gasteiger partial charge on any atom is -0.480 e. The van der Waals surface area contributed by atoms with E-state index in [1.807, 2.05) is 6.92 Å². The summed E-state index contributed by atoms with van der Waals surface area (Å²) in [7, 11) is 0. The first-order valence-electron chi connectivity index (χ1n) is 7.36. The van der Waals surface area contributed by atoms with Crippen LogP contribution in [0.4, 0.5) is 5.69 Å². The standard InChI is InChI=1S/C16H19N3O4/c1-3-11(16(22)23)18-15(21)9-8-19(4-2)12-7-5-6-10(17)13(12)14(9)20/h5-8,11H,3-4,17H2,1-2H3,(H,18,21)(H,22,23). The second-order valence-electron chi connectivity index (χ2n) is 5.17. The van der Waals surface area contributed by atoms with E-state index in [-0.39, 0.29) is 23.1 Å². The third kappa shape index (κ3) is 3.03. The van der Waals surface area contributed by atoms with Crippen LogP contribution in [-0.2, 0) is 11.3 Å². The molecule has 0 spiro atoms. The Bertz CT molecular complexity index is 826. The number of nitrogens with one attached hydrogen (secondary N) is 1. The zero-order valence-electron chi connectivity index (χ0n) is 13.0. The van der Waals surface area contributed by atoms with Crippen LogP contribution in [0.3, 0.4) is 0 Å². The normalized spacial score (nSPS) is 12.1. The number of hydrogen-bond acceptors (Lipinski definition) is 4. The number of carboxylic acid groups (broad SMARTS) is 1. The predicted octanol–water partition coefficient (Wildman–Crippen LogP) is 1.20. The first-order valence-corrected chi connectivity index (χ1v) is 7.36. The Labute approximate surface area is 132 Å². The zero-order chi connectivity index (χ0) is 17.1. The monoisotopic (exact) mass is 317 g/mol. The Morgan fingerprint density at radius 2 is 2.04 bits per heavy atom. The Kier molecular flexibility index (Phi) is 4.68. The molecule has 2 aromatic rings. The van der Waals surface area contributed by atoms with Crippen molar-refractivity contribution in [3.63, 3.8) is 0 Å². The molecule has 1 amide bonds. The van der Waals surface area contributed by atoms with E-state index in [9.17, 15) is 14.4 Å². The summed E-state index contributed by atoms with van der Waals surface area (Å²) in [6.07, 6.45) is 1.66. The van der Waals surface area contributed by atoms with Crippen LogP contribution >= 0.6 is 0 Å². The highest BCUT2D eigenvalue weighted by molar-refractivity contribution is 6.01. The predicted molar refractivity (Wildman–Crippen MR) is 87.5 cm³/mol. The molecule has 0 bridgehead atoms. The summed E-state index contributed by atoms with van der Waals surface area (Å²) in [5.41, 5.74) is 6.20. The van der Waals surface area contributed by atoms with E-state index in [1.54, 1.807) is 29.7 Å². The van der Waals surface area contributed by atoms with Crippen LogP contribution in [0.2, 0.25) is 0 Å². The van der Waals surface area contributed by atoms with Gasteiger partial charge in [0.25, 0.3) is 5.91 Å². The van der Waals surface area contributed by atoms with Gasteiger partial charge >= 0.3 is 5.97 Å². The number of nitrogen functional groups attached to an aromatic ring is 1. The van der Waals surface area contributed by atoms with Gasteiger partial charge in [-0.15, -0.1) is 0 Å². The number of anilines is 1. The SMILES string of the molecule is CCC(NC(=O)c1cn(CC)c2cccc(N)c2c1=O)C(=O)O. The third-order valence-electron chi connectivity index (χ3n) is 3.74. The van der Waals surface area contributed by atoms with Crippen LogP contribution in [0.1, 0.15) is 30.6 Å². The molecule has 1 aromatic carbocycles. The Balaban J connectivity index is 2.59. The molecule has 7 nitrogen and oxygen atoms in total. The molecule has 0 radical (unpaired) electrons. The van der Waals surface area contributed by atoms with Gasteiger partial charge in [0.05, 0.1) is 10.9 Å². The van der Waals surface area contributed by atoms with E-state index >= 15 is 0 Å². The number of amides is 1. The first-order chi connectivity index (χ1) is 10.9. The molecule has 0 fully saturated rings.